The van der Waals surface area contributed by atoms with Crippen LogP contribution in [-0.2, 0) is 4.74 Å². The maximum atomic E-state index is 5.21. The van der Waals surface area contributed by atoms with Crippen LogP contribution in [0.4, 0.5) is 0 Å². The molecule has 14 heavy (non-hydrogen) atoms. The maximum absolute atomic E-state index is 5.21. The van der Waals surface area contributed by atoms with E-state index in [2.05, 4.69) is 18.2 Å². The monoisotopic (exact) mass is 187 g/mol. The minimum atomic E-state index is 0.785. The van der Waals surface area contributed by atoms with Crippen LogP contribution >= 0.6 is 0 Å². The fraction of sp³-hybridized carbons (Fsp3) is 0.0833. The van der Waals surface area contributed by atoms with E-state index in [1.807, 2.05) is 24.3 Å². The van der Waals surface area contributed by atoms with Crippen molar-refractivity contribution in [2.45, 2.75) is 0 Å². The second kappa shape index (κ2) is 5.02. The molecule has 1 aliphatic rings. The lowest BCUT2D eigenvalue weighted by Crippen LogP contribution is -2.06. The molecule has 0 saturated heterocycles. The summed E-state index contributed by atoms with van der Waals surface area (Å²) >= 11 is 0. The van der Waals surface area contributed by atoms with Crippen molar-refractivity contribution >= 4 is 5.71 Å². The van der Waals surface area contributed by atoms with Crippen LogP contribution in [-0.4, -0.2) is 12.8 Å². The van der Waals surface area contributed by atoms with Gasteiger partial charge >= 0.3 is 0 Å². The van der Waals surface area contributed by atoms with Gasteiger partial charge < -0.3 is 4.74 Å². The van der Waals surface area contributed by atoms with E-state index in [1.54, 1.807) is 13.2 Å². The van der Waals surface area contributed by atoms with Crippen molar-refractivity contribution < 1.29 is 4.74 Å². The van der Waals surface area contributed by atoms with E-state index in [-0.39, 0.29) is 0 Å². The third-order valence-corrected chi connectivity index (χ3v) is 1.78. The van der Waals surface area contributed by atoms with Crippen LogP contribution in [0.25, 0.3) is 0 Å². The van der Waals surface area contributed by atoms with Crippen LogP contribution in [0.2, 0.25) is 0 Å². The minimum Gasteiger partial charge on any atom is -0.496 e. The van der Waals surface area contributed by atoms with Crippen molar-refractivity contribution in [1.82, 2.24) is 0 Å². The Labute approximate surface area is 84.3 Å². The van der Waals surface area contributed by atoms with E-state index in [0.717, 1.165) is 17.0 Å². The van der Waals surface area contributed by atoms with Crippen molar-refractivity contribution in [2.24, 2.45) is 4.99 Å². The molecule has 0 heterocycles. The number of hydrogen-bond acceptors (Lipinski definition) is 2. The second-order valence-electron chi connectivity index (χ2n) is 2.61. The average molecular weight is 187 g/mol. The van der Waals surface area contributed by atoms with E-state index < -0.39 is 0 Å². The molecule has 2 nitrogen and oxygen atoms in total. The molecule has 0 aliphatic heterocycles. The lowest BCUT2D eigenvalue weighted by molar-refractivity contribution is 0.303. The van der Waals surface area contributed by atoms with Crippen molar-refractivity contribution in [2.75, 3.05) is 7.11 Å². The third-order valence-electron chi connectivity index (χ3n) is 1.78. The summed E-state index contributed by atoms with van der Waals surface area (Å²) < 4.78 is 5.21. The highest BCUT2D eigenvalue weighted by Gasteiger charge is 2.12. The van der Waals surface area contributed by atoms with Crippen LogP contribution in [0.1, 0.15) is 0 Å². The molecule has 0 saturated carbocycles. The Bertz CT molecular complexity index is 357. The van der Waals surface area contributed by atoms with E-state index in [4.69, 9.17) is 4.74 Å². The van der Waals surface area contributed by atoms with Crippen LogP contribution < -0.4 is 0 Å². The van der Waals surface area contributed by atoms with Gasteiger partial charge in [0, 0.05) is 11.8 Å². The average Bonchev–Trinajstić information content (AvgIpc) is 2.21. The maximum Gasteiger partial charge on any atom is 0.128 e. The van der Waals surface area contributed by atoms with Gasteiger partial charge in [-0.25, -0.2) is 0 Å². The smallest absolute Gasteiger partial charge is 0.128 e. The first-order chi connectivity index (χ1) is 6.83. The summed E-state index contributed by atoms with van der Waals surface area (Å²) in [7, 11) is 1.63. The van der Waals surface area contributed by atoms with E-state index >= 15 is 0 Å². The first kappa shape index (κ1) is 10.3. The molecule has 1 aliphatic carbocycles. The molecule has 0 aromatic carbocycles. The van der Waals surface area contributed by atoms with Crippen LogP contribution in [0.15, 0.2) is 66.1 Å². The Morgan fingerprint density at radius 1 is 1.43 bits per heavy atom. The molecule has 0 amide bonds. The summed E-state index contributed by atoms with van der Waals surface area (Å²) in [4.78, 5) is 4.14. The Morgan fingerprint density at radius 3 is 2.79 bits per heavy atom. The van der Waals surface area contributed by atoms with Crippen LogP contribution in [0.5, 0.6) is 0 Å². The van der Waals surface area contributed by atoms with E-state index in [0.29, 0.717) is 0 Å². The predicted octanol–water partition coefficient (Wildman–Crippen LogP) is 2.78. The SMILES string of the molecule is C=C/C=C1/C(OC)=CC=C/C1=N/C=C. The largest absolute Gasteiger partial charge is 0.496 e. The van der Waals surface area contributed by atoms with Gasteiger partial charge in [0.15, 0.2) is 0 Å². The van der Waals surface area contributed by atoms with Crippen molar-refractivity contribution in [3.8, 4) is 0 Å². The first-order valence-corrected chi connectivity index (χ1v) is 4.28. The summed E-state index contributed by atoms with van der Waals surface area (Å²) in [6.07, 6.45) is 10.8. The highest BCUT2D eigenvalue weighted by atomic mass is 16.5. The Kier molecular flexibility index (Phi) is 3.68. The van der Waals surface area contributed by atoms with Crippen LogP contribution in [0, 0.1) is 0 Å². The quantitative estimate of drug-likeness (QED) is 0.665. The predicted molar refractivity (Wildman–Crippen MR) is 60.1 cm³/mol. The Hall–Kier alpha value is -1.83. The van der Waals surface area contributed by atoms with Gasteiger partial charge in [0.1, 0.15) is 5.76 Å². The van der Waals surface area contributed by atoms with Crippen molar-refractivity contribution in [3.63, 3.8) is 0 Å². The molecule has 72 valence electrons. The third kappa shape index (κ3) is 2.10. The minimum absolute atomic E-state index is 0.785. The van der Waals surface area contributed by atoms with Gasteiger partial charge in [-0.05, 0) is 18.2 Å². The second-order valence-corrected chi connectivity index (χ2v) is 2.61. The van der Waals surface area contributed by atoms with Gasteiger partial charge in [-0.3, -0.25) is 4.99 Å². The van der Waals surface area contributed by atoms with Gasteiger partial charge in [-0.15, -0.1) is 0 Å². The van der Waals surface area contributed by atoms with E-state index in [1.165, 1.54) is 6.20 Å². The van der Waals surface area contributed by atoms with Gasteiger partial charge in [-0.2, -0.15) is 0 Å². The Morgan fingerprint density at radius 2 is 2.21 bits per heavy atom. The number of aliphatic imine (C=N–C) groups is 1. The zero-order valence-electron chi connectivity index (χ0n) is 8.23. The topological polar surface area (TPSA) is 21.6 Å². The molecule has 0 bridgehead atoms. The molecule has 2 heteroatoms. The molecule has 0 N–H and O–H groups in total. The molecule has 0 unspecified atom stereocenters. The highest BCUT2D eigenvalue weighted by molar-refractivity contribution is 6.12. The lowest BCUT2D eigenvalue weighted by Gasteiger charge is -2.13. The summed E-state index contributed by atoms with van der Waals surface area (Å²) in [5.74, 6) is 0.785. The summed E-state index contributed by atoms with van der Waals surface area (Å²) in [6, 6.07) is 0. The number of hydrogen-bond donors (Lipinski definition) is 0. The Balaban J connectivity index is 3.14. The standard InChI is InChI=1S/C12H13NO/c1-4-7-10-11(13-5-2)8-6-9-12(10)14-3/h4-9H,1-2H2,3H3/b10-7+,13-11-. The normalized spacial score (nSPS) is 20.8. The molecule has 1 rings (SSSR count). The first-order valence-electron chi connectivity index (χ1n) is 4.28. The summed E-state index contributed by atoms with van der Waals surface area (Å²) in [5, 5.41) is 0. The van der Waals surface area contributed by atoms with Gasteiger partial charge in [0.2, 0.25) is 0 Å². The molecule has 0 aromatic rings. The zero-order chi connectivity index (χ0) is 10.4. The number of rotatable bonds is 3. The van der Waals surface area contributed by atoms with E-state index in [9.17, 15) is 0 Å². The molecule has 0 atom stereocenters. The number of methoxy groups -OCH3 is 1. The number of allylic oxidation sites excluding steroid dienone is 6. The van der Waals surface area contributed by atoms with Gasteiger partial charge in [0.05, 0.1) is 12.8 Å². The van der Waals surface area contributed by atoms with Crippen molar-refractivity contribution in [1.29, 1.82) is 0 Å². The molecule has 0 spiro atoms. The zero-order valence-corrected chi connectivity index (χ0v) is 8.23. The molecular weight excluding hydrogens is 174 g/mol. The number of ether oxygens (including phenoxy) is 1. The fourth-order valence-electron chi connectivity index (χ4n) is 1.21. The lowest BCUT2D eigenvalue weighted by atomic mass is 10.0. The molecule has 0 radical (unpaired) electrons. The van der Waals surface area contributed by atoms with Gasteiger partial charge in [0.25, 0.3) is 0 Å². The highest BCUT2D eigenvalue weighted by Crippen LogP contribution is 2.18. The summed E-state index contributed by atoms with van der Waals surface area (Å²) in [5.41, 5.74) is 1.75. The molecule has 0 aromatic heterocycles. The summed E-state index contributed by atoms with van der Waals surface area (Å²) in [6.45, 7) is 7.22. The van der Waals surface area contributed by atoms with Crippen molar-refractivity contribution in [3.05, 3.63) is 61.1 Å². The van der Waals surface area contributed by atoms with Crippen LogP contribution in [0.3, 0.4) is 0 Å². The van der Waals surface area contributed by atoms with Gasteiger partial charge in [-0.1, -0.05) is 25.3 Å². The molecule has 0 fully saturated rings. The fourth-order valence-corrected chi connectivity index (χ4v) is 1.21. The molecular formula is C12H13NO. The number of nitrogens with zero attached hydrogens (tertiary/aromatic N) is 1.